The summed E-state index contributed by atoms with van der Waals surface area (Å²) in [6.07, 6.45) is 13.2. The molecule has 0 aromatic heterocycles. The van der Waals surface area contributed by atoms with E-state index in [1.54, 1.807) is 0 Å². The van der Waals surface area contributed by atoms with Gasteiger partial charge in [0.1, 0.15) is 29.7 Å². The van der Waals surface area contributed by atoms with Crippen LogP contribution >= 0.6 is 0 Å². The summed E-state index contributed by atoms with van der Waals surface area (Å²) in [6, 6.07) is 24.5. The predicted octanol–water partition coefficient (Wildman–Crippen LogP) is 8.03. The maximum Gasteiger partial charge on any atom is 1.00 e. The summed E-state index contributed by atoms with van der Waals surface area (Å²) in [5, 5.41) is 0. The number of rotatable bonds is 16. The predicted molar refractivity (Wildman–Crippen MR) is 218 cm³/mol. The van der Waals surface area contributed by atoms with Crippen molar-refractivity contribution in [3.05, 3.63) is 130 Å². The topological polar surface area (TPSA) is 43.4 Å². The minimum absolute atomic E-state index is 0. The van der Waals surface area contributed by atoms with Crippen molar-refractivity contribution in [3.63, 3.8) is 0 Å². The Morgan fingerprint density at radius 3 is 1.16 bits per heavy atom. The van der Waals surface area contributed by atoms with Crippen LogP contribution in [0.15, 0.2) is 79.1 Å². The van der Waals surface area contributed by atoms with Gasteiger partial charge in [-0.1, -0.05) is 95.6 Å². The first-order valence-electron chi connectivity index (χ1n) is 20.1. The molecule has 0 saturated carbocycles. The SMILES string of the molecule is CCCCN1[CH]N(c2cc3c(OCCC)c(c2)Cc2cccc(c2OCCC)Cc2cccc(c2OCCC)Cc2cccc(c2OCCC)C3)C=C1.[Br-].[Cu+]. The summed E-state index contributed by atoms with van der Waals surface area (Å²) in [7, 11) is 0. The van der Waals surface area contributed by atoms with Gasteiger partial charge in [0.25, 0.3) is 0 Å². The van der Waals surface area contributed by atoms with Crippen molar-refractivity contribution < 1.29 is 53.0 Å². The molecule has 0 unspecified atom stereocenters. The van der Waals surface area contributed by atoms with Crippen molar-refractivity contribution in [1.82, 2.24) is 4.90 Å². The van der Waals surface area contributed by atoms with Gasteiger partial charge in [0.2, 0.25) is 0 Å². The Kier molecular flexibility index (Phi) is 17.8. The Morgan fingerprint density at radius 2 is 0.818 bits per heavy atom. The van der Waals surface area contributed by atoms with E-state index in [9.17, 15) is 0 Å². The first-order valence-corrected chi connectivity index (χ1v) is 20.1. The Bertz CT molecular complexity index is 1740. The van der Waals surface area contributed by atoms with E-state index in [4.69, 9.17) is 18.9 Å². The molecule has 0 atom stereocenters. The monoisotopic (exact) mass is 857 g/mol. The Labute approximate surface area is 351 Å². The zero-order valence-corrected chi connectivity index (χ0v) is 35.9. The number of ether oxygens (including phenoxy) is 4. The minimum Gasteiger partial charge on any atom is -1.00 e. The molecule has 4 aromatic carbocycles. The molecule has 0 N–H and O–H groups in total. The van der Waals surface area contributed by atoms with Gasteiger partial charge in [0, 0.05) is 61.4 Å². The Morgan fingerprint density at radius 1 is 0.473 bits per heavy atom. The molecular weight excluding hydrogens is 800 g/mol. The molecule has 6 rings (SSSR count). The van der Waals surface area contributed by atoms with Crippen molar-refractivity contribution in [3.8, 4) is 23.0 Å². The first-order chi connectivity index (χ1) is 26.1. The number of halogens is 1. The zero-order valence-electron chi connectivity index (χ0n) is 33.4. The van der Waals surface area contributed by atoms with E-state index in [2.05, 4.69) is 130 Å². The number of unbranched alkanes of at least 4 members (excludes halogenated alkanes) is 1. The third-order valence-corrected chi connectivity index (χ3v) is 9.85. The molecule has 6 nitrogen and oxygen atoms in total. The maximum atomic E-state index is 6.77. The third-order valence-electron chi connectivity index (χ3n) is 9.85. The molecule has 8 bridgehead atoms. The number of benzene rings is 4. The molecule has 1 heterocycles. The van der Waals surface area contributed by atoms with Crippen LogP contribution in [0.3, 0.4) is 0 Å². The average molecular weight is 859 g/mol. The van der Waals surface area contributed by atoms with Gasteiger partial charge in [-0.2, -0.15) is 0 Å². The van der Waals surface area contributed by atoms with Crippen LogP contribution in [0.25, 0.3) is 0 Å². The molecule has 8 heteroatoms. The summed E-state index contributed by atoms with van der Waals surface area (Å²) >= 11 is 0. The fraction of sp³-hybridized carbons (Fsp3) is 0.426. The molecular formula is C47H59BrCuN2O4. The molecule has 0 amide bonds. The third kappa shape index (κ3) is 11.1. The van der Waals surface area contributed by atoms with Gasteiger partial charge < -0.3 is 45.7 Å². The fourth-order valence-corrected chi connectivity index (χ4v) is 7.30. The van der Waals surface area contributed by atoms with Gasteiger partial charge in [-0.25, -0.2) is 0 Å². The molecule has 0 fully saturated rings. The normalized spacial score (nSPS) is 13.2. The molecule has 0 spiro atoms. The second-order valence-electron chi connectivity index (χ2n) is 14.3. The maximum absolute atomic E-state index is 6.77. The summed E-state index contributed by atoms with van der Waals surface area (Å²) in [5.41, 5.74) is 10.5. The first kappa shape index (κ1) is 44.1. The van der Waals surface area contributed by atoms with E-state index in [0.717, 1.165) is 84.9 Å². The van der Waals surface area contributed by atoms with Crippen LogP contribution in [0, 0.1) is 6.67 Å². The largest absolute Gasteiger partial charge is 1.00 e. The molecule has 1 radical (unpaired) electrons. The second-order valence-corrected chi connectivity index (χ2v) is 14.3. The van der Waals surface area contributed by atoms with Gasteiger partial charge in [0.05, 0.1) is 26.4 Å². The molecule has 4 aromatic rings. The van der Waals surface area contributed by atoms with Gasteiger partial charge in [-0.3, -0.25) is 0 Å². The van der Waals surface area contributed by atoms with E-state index >= 15 is 0 Å². The number of para-hydroxylation sites is 3. The number of hydrogen-bond acceptors (Lipinski definition) is 6. The Balaban J connectivity index is 0.00000336. The van der Waals surface area contributed by atoms with Crippen molar-refractivity contribution >= 4 is 5.69 Å². The Hall–Kier alpha value is -3.58. The van der Waals surface area contributed by atoms with E-state index in [0.29, 0.717) is 52.1 Å². The molecule has 2 aliphatic rings. The van der Waals surface area contributed by atoms with E-state index < -0.39 is 0 Å². The van der Waals surface area contributed by atoms with Crippen molar-refractivity contribution in [1.29, 1.82) is 0 Å². The number of anilines is 1. The van der Waals surface area contributed by atoms with Gasteiger partial charge in [-0.05, 0) is 77.6 Å². The van der Waals surface area contributed by atoms with Gasteiger partial charge in [-0.15, -0.1) is 0 Å². The summed E-state index contributed by atoms with van der Waals surface area (Å²) in [4.78, 5) is 4.54. The minimum atomic E-state index is 0. The van der Waals surface area contributed by atoms with Crippen molar-refractivity contribution in [2.45, 2.75) is 98.8 Å². The smallest absolute Gasteiger partial charge is 1.00 e. The van der Waals surface area contributed by atoms with Crippen LogP contribution < -0.4 is 40.8 Å². The fourth-order valence-electron chi connectivity index (χ4n) is 7.30. The van der Waals surface area contributed by atoms with E-state index in [-0.39, 0.29) is 34.1 Å². The number of hydrogen-bond donors (Lipinski definition) is 0. The molecule has 1 aliphatic carbocycles. The summed E-state index contributed by atoms with van der Waals surface area (Å²) in [5.74, 6) is 3.89. The van der Waals surface area contributed by atoms with Crippen molar-refractivity contribution in [2.24, 2.45) is 0 Å². The van der Waals surface area contributed by atoms with Crippen molar-refractivity contribution in [2.75, 3.05) is 37.9 Å². The molecule has 0 saturated heterocycles. The number of fused-ring (bicyclic) bond motifs is 8. The van der Waals surface area contributed by atoms with Crippen LogP contribution in [-0.2, 0) is 42.8 Å². The van der Waals surface area contributed by atoms with E-state index in [1.807, 2.05) is 0 Å². The standard InChI is InChI=1S/C47H59N2O4.BrH.Cu/c1-6-11-21-48-22-23-49(34-48)43-32-41-30-39-19-13-17-37(45(39)51-25-8-3)28-35-15-12-16-36(44(35)50-24-7-2)29-38-18-14-20-40(46(38)52-26-9-4)31-42(33-43)47(41)53-27-10-5;;/h12-20,22-23,32-34H,6-11,21,24-31H2,1-5H3;1H;/q;;+1/p-1. The average Bonchev–Trinajstić information content (AvgIpc) is 3.65. The van der Waals surface area contributed by atoms with Crippen LogP contribution in [0.2, 0.25) is 0 Å². The van der Waals surface area contributed by atoms with Crippen LogP contribution in [0.4, 0.5) is 5.69 Å². The van der Waals surface area contributed by atoms with Gasteiger partial charge in [0.15, 0.2) is 0 Å². The number of nitrogens with zero attached hydrogens (tertiary/aromatic N) is 2. The van der Waals surface area contributed by atoms with E-state index in [1.165, 1.54) is 33.4 Å². The molecule has 55 heavy (non-hydrogen) atoms. The zero-order chi connectivity index (χ0) is 37.0. The summed E-state index contributed by atoms with van der Waals surface area (Å²) in [6.45, 7) is 16.8. The van der Waals surface area contributed by atoms with Gasteiger partial charge >= 0.3 is 17.1 Å². The molecule has 299 valence electrons. The quantitative estimate of drug-likeness (QED) is 0.0938. The van der Waals surface area contributed by atoms with Crippen LogP contribution in [0.5, 0.6) is 23.0 Å². The van der Waals surface area contributed by atoms with Crippen LogP contribution in [-0.4, -0.2) is 37.9 Å². The van der Waals surface area contributed by atoms with Crippen LogP contribution in [0.1, 0.15) is 118 Å². The second kappa shape index (κ2) is 22.2. The summed E-state index contributed by atoms with van der Waals surface area (Å²) < 4.78 is 26.8. The molecule has 1 aliphatic heterocycles.